The highest BCUT2D eigenvalue weighted by Crippen LogP contribution is 2.19. The average Bonchev–Trinajstić information content (AvgIpc) is 2.63. The minimum atomic E-state index is -0.555. The summed E-state index contributed by atoms with van der Waals surface area (Å²) < 4.78 is 0. The number of nitrogens with one attached hydrogen (secondary N) is 1. The monoisotopic (exact) mass is 337 g/mol. The molecule has 1 aliphatic heterocycles. The van der Waals surface area contributed by atoms with E-state index in [0.29, 0.717) is 18.7 Å². The van der Waals surface area contributed by atoms with Gasteiger partial charge in [0.25, 0.3) is 0 Å². The molecule has 6 heteroatoms. The molecule has 3 rings (SSSR count). The summed E-state index contributed by atoms with van der Waals surface area (Å²) in [6.45, 7) is 0.662. The quantitative estimate of drug-likeness (QED) is 0.864. The Kier molecular flexibility index (Phi) is 5.18. The molecule has 6 nitrogen and oxygen atoms in total. The van der Waals surface area contributed by atoms with Crippen LogP contribution < -0.4 is 5.32 Å². The molecule has 0 fully saturated rings. The van der Waals surface area contributed by atoms with Crippen LogP contribution in [0.15, 0.2) is 59.6 Å². The van der Waals surface area contributed by atoms with Gasteiger partial charge < -0.3 is 5.32 Å². The number of allylic oxidation sites excluding steroid dienone is 3. The van der Waals surface area contributed by atoms with Crippen molar-refractivity contribution in [2.45, 2.75) is 19.4 Å². The molecule has 0 saturated carbocycles. The van der Waals surface area contributed by atoms with Gasteiger partial charge in [-0.25, -0.2) is 4.79 Å². The summed E-state index contributed by atoms with van der Waals surface area (Å²) >= 11 is 0. The maximum Gasteiger partial charge on any atom is 0.350 e. The number of carbonyl (C=O) groups is 3. The second-order valence-electron chi connectivity index (χ2n) is 5.90. The lowest BCUT2D eigenvalue weighted by molar-refractivity contribution is -0.130. The minimum Gasteiger partial charge on any atom is -0.352 e. The van der Waals surface area contributed by atoms with Gasteiger partial charge in [0, 0.05) is 19.5 Å². The fraction of sp³-hybridized carbons (Fsp3) is 0.263. The van der Waals surface area contributed by atoms with Gasteiger partial charge in [-0.2, -0.15) is 4.99 Å². The van der Waals surface area contributed by atoms with Crippen molar-refractivity contribution in [3.05, 3.63) is 60.2 Å². The Morgan fingerprint density at radius 1 is 1.16 bits per heavy atom. The van der Waals surface area contributed by atoms with Gasteiger partial charge in [-0.1, -0.05) is 48.6 Å². The topological polar surface area (TPSA) is 78.8 Å². The third kappa shape index (κ3) is 4.09. The van der Waals surface area contributed by atoms with E-state index in [2.05, 4.69) is 10.3 Å². The highest BCUT2D eigenvalue weighted by Gasteiger charge is 2.35. The summed E-state index contributed by atoms with van der Waals surface area (Å²) in [7, 11) is 0. The van der Waals surface area contributed by atoms with E-state index in [4.69, 9.17) is 0 Å². The number of nitrogens with zero attached hydrogens (tertiary/aromatic N) is 2. The first-order chi connectivity index (χ1) is 12.1. The number of amides is 4. The molecule has 1 unspecified atom stereocenters. The van der Waals surface area contributed by atoms with E-state index < -0.39 is 11.9 Å². The van der Waals surface area contributed by atoms with Crippen LogP contribution in [-0.4, -0.2) is 35.0 Å². The van der Waals surface area contributed by atoms with Crippen molar-refractivity contribution in [1.82, 2.24) is 10.2 Å². The number of hydrogen-bond acceptors (Lipinski definition) is 3. The van der Waals surface area contributed by atoms with Gasteiger partial charge in [0.15, 0.2) is 0 Å². The van der Waals surface area contributed by atoms with Crippen LogP contribution in [0.25, 0.3) is 0 Å². The summed E-state index contributed by atoms with van der Waals surface area (Å²) in [6.07, 6.45) is 7.59. The fourth-order valence-electron chi connectivity index (χ4n) is 2.77. The highest BCUT2D eigenvalue weighted by molar-refractivity contribution is 6.21. The zero-order valence-electron chi connectivity index (χ0n) is 13.7. The Bertz CT molecular complexity index is 765. The second-order valence-corrected chi connectivity index (χ2v) is 5.90. The molecule has 0 aromatic heterocycles. The maximum absolute atomic E-state index is 12.4. The van der Waals surface area contributed by atoms with Crippen molar-refractivity contribution in [3.63, 3.8) is 0 Å². The molecule has 1 aromatic carbocycles. The number of aliphatic imine (C=N–C) groups is 1. The van der Waals surface area contributed by atoms with E-state index in [0.717, 1.165) is 10.5 Å². The summed E-state index contributed by atoms with van der Waals surface area (Å²) in [5.74, 6) is -0.875. The molecule has 4 amide bonds. The minimum absolute atomic E-state index is 0.106. The Hall–Kier alpha value is -3.02. The first-order valence-corrected chi connectivity index (χ1v) is 8.24. The van der Waals surface area contributed by atoms with E-state index in [1.54, 1.807) is 24.3 Å². The lowest BCUT2D eigenvalue weighted by Gasteiger charge is -2.28. The molecule has 1 heterocycles. The Morgan fingerprint density at radius 2 is 1.96 bits per heavy atom. The van der Waals surface area contributed by atoms with E-state index in [1.807, 2.05) is 30.3 Å². The van der Waals surface area contributed by atoms with E-state index in [1.165, 1.54) is 0 Å². The van der Waals surface area contributed by atoms with Crippen molar-refractivity contribution >= 4 is 23.6 Å². The lowest BCUT2D eigenvalue weighted by atomic mass is 9.95. The number of urea groups is 1. The molecule has 0 radical (unpaired) electrons. The van der Waals surface area contributed by atoms with Gasteiger partial charge in [-0.15, -0.1) is 0 Å². The number of rotatable bonds is 6. The van der Waals surface area contributed by atoms with Gasteiger partial charge in [0.05, 0.1) is 11.6 Å². The van der Waals surface area contributed by atoms with Crippen LogP contribution in [0.3, 0.4) is 0 Å². The lowest BCUT2D eigenvalue weighted by Crippen LogP contribution is -2.46. The van der Waals surface area contributed by atoms with Crippen LogP contribution in [0.1, 0.15) is 18.4 Å². The first kappa shape index (κ1) is 16.8. The number of carbonyl (C=O) groups excluding carboxylic acids is 3. The second kappa shape index (κ2) is 7.70. The molecule has 25 heavy (non-hydrogen) atoms. The van der Waals surface area contributed by atoms with Gasteiger partial charge in [0.1, 0.15) is 0 Å². The molecule has 1 aromatic rings. The van der Waals surface area contributed by atoms with Crippen molar-refractivity contribution < 1.29 is 14.4 Å². The van der Waals surface area contributed by atoms with Crippen LogP contribution in [0, 0.1) is 5.92 Å². The third-order valence-electron chi connectivity index (χ3n) is 4.11. The molecule has 0 bridgehead atoms. The highest BCUT2D eigenvalue weighted by atomic mass is 16.2. The smallest absolute Gasteiger partial charge is 0.350 e. The standard InChI is InChI=1S/C19H19N3O3/c23-17(20-13-14-7-2-1-3-8-14)11-6-12-22-18(24)15-9-4-5-10-16(15)21-19(22)25/h1-5,7-10,15H,6,11-13H2,(H,20,23). The van der Waals surface area contributed by atoms with E-state index in [-0.39, 0.29) is 24.8 Å². The van der Waals surface area contributed by atoms with Crippen LogP contribution in [0.5, 0.6) is 0 Å². The number of fused-ring (bicyclic) bond motifs is 1. The molecule has 1 atom stereocenters. The average molecular weight is 337 g/mol. The fourth-order valence-corrected chi connectivity index (χ4v) is 2.77. The summed E-state index contributed by atoms with van der Waals surface area (Å²) in [6, 6.07) is 9.07. The van der Waals surface area contributed by atoms with Crippen LogP contribution in [0.2, 0.25) is 0 Å². The van der Waals surface area contributed by atoms with Crippen molar-refractivity contribution in [3.8, 4) is 0 Å². The van der Waals surface area contributed by atoms with Crippen molar-refractivity contribution in [2.24, 2.45) is 10.9 Å². The van der Waals surface area contributed by atoms with Crippen LogP contribution in [0.4, 0.5) is 4.79 Å². The Balaban J connectivity index is 1.47. The summed E-state index contributed by atoms with van der Waals surface area (Å²) in [5.41, 5.74) is 1.51. The van der Waals surface area contributed by atoms with Gasteiger partial charge in [0.2, 0.25) is 11.8 Å². The predicted molar refractivity (Wildman–Crippen MR) is 93.8 cm³/mol. The molecule has 2 aliphatic rings. The Morgan fingerprint density at radius 3 is 2.76 bits per heavy atom. The van der Waals surface area contributed by atoms with Gasteiger partial charge >= 0.3 is 6.03 Å². The van der Waals surface area contributed by atoms with Crippen molar-refractivity contribution in [2.75, 3.05) is 6.54 Å². The molecular weight excluding hydrogens is 318 g/mol. The summed E-state index contributed by atoms with van der Waals surface area (Å²) in [5, 5.41) is 2.83. The Labute approximate surface area is 145 Å². The SMILES string of the molecule is O=C(CCCN1C(=O)N=C2C=CC=CC2C1=O)NCc1ccccc1. The van der Waals surface area contributed by atoms with E-state index >= 15 is 0 Å². The normalized spacial score (nSPS) is 18.8. The summed E-state index contributed by atoms with van der Waals surface area (Å²) in [4.78, 5) is 41.4. The van der Waals surface area contributed by atoms with E-state index in [9.17, 15) is 14.4 Å². The molecule has 1 aliphatic carbocycles. The number of imide groups is 1. The largest absolute Gasteiger partial charge is 0.352 e. The first-order valence-electron chi connectivity index (χ1n) is 8.24. The molecular formula is C19H19N3O3. The molecule has 0 spiro atoms. The van der Waals surface area contributed by atoms with Gasteiger partial charge in [-0.05, 0) is 18.1 Å². The van der Waals surface area contributed by atoms with Crippen molar-refractivity contribution in [1.29, 1.82) is 0 Å². The number of hydrogen-bond donors (Lipinski definition) is 1. The predicted octanol–water partition coefficient (Wildman–Crippen LogP) is 2.23. The van der Waals surface area contributed by atoms with Crippen LogP contribution in [-0.2, 0) is 16.1 Å². The maximum atomic E-state index is 12.4. The molecule has 0 saturated heterocycles. The zero-order chi connectivity index (χ0) is 17.6. The van der Waals surface area contributed by atoms with Gasteiger partial charge in [-0.3, -0.25) is 14.5 Å². The zero-order valence-corrected chi connectivity index (χ0v) is 13.7. The third-order valence-corrected chi connectivity index (χ3v) is 4.11. The molecule has 128 valence electrons. The van der Waals surface area contributed by atoms with Crippen LogP contribution >= 0.6 is 0 Å². The molecule has 1 N–H and O–H groups in total. The number of benzene rings is 1.